The molecule has 0 saturated heterocycles. The van der Waals surface area contributed by atoms with Gasteiger partial charge >= 0.3 is 5.97 Å². The maximum Gasteiger partial charge on any atom is 0.309 e. The lowest BCUT2D eigenvalue weighted by Gasteiger charge is -2.14. The molecular formula is C18H17F2NO3. The first-order valence-corrected chi connectivity index (χ1v) is 8.08. The quantitative estimate of drug-likeness (QED) is 0.621. The monoisotopic (exact) mass is 333 g/mol. The fourth-order valence-electron chi connectivity index (χ4n) is 3.61. The summed E-state index contributed by atoms with van der Waals surface area (Å²) in [4.78, 5) is 16.2. The predicted octanol–water partition coefficient (Wildman–Crippen LogP) is 3.45. The van der Waals surface area contributed by atoms with E-state index >= 15 is 0 Å². The number of pyridine rings is 1. The molecule has 2 aromatic rings. The molecule has 0 spiro atoms. The average Bonchev–Trinajstić information content (AvgIpc) is 2.94. The number of alkyl halides is 2. The van der Waals surface area contributed by atoms with Crippen molar-refractivity contribution in [1.29, 1.82) is 0 Å². The van der Waals surface area contributed by atoms with Crippen molar-refractivity contribution >= 4 is 16.9 Å². The van der Waals surface area contributed by atoms with Crippen molar-refractivity contribution in [3.63, 3.8) is 0 Å². The van der Waals surface area contributed by atoms with Crippen molar-refractivity contribution in [3.05, 3.63) is 36.5 Å². The number of benzene rings is 1. The van der Waals surface area contributed by atoms with E-state index in [-0.39, 0.29) is 37.9 Å². The van der Waals surface area contributed by atoms with E-state index in [4.69, 9.17) is 9.47 Å². The second-order valence-corrected chi connectivity index (χ2v) is 6.40. The minimum absolute atomic E-state index is 0.109. The Kier molecular flexibility index (Phi) is 3.62. The number of hydrogen-bond donors (Lipinski definition) is 0. The van der Waals surface area contributed by atoms with Crippen molar-refractivity contribution in [2.24, 2.45) is 17.8 Å². The highest BCUT2D eigenvalue weighted by molar-refractivity contribution is 5.84. The summed E-state index contributed by atoms with van der Waals surface area (Å²) in [6.07, 6.45) is 2.15. The Morgan fingerprint density at radius 2 is 1.92 bits per heavy atom. The highest BCUT2D eigenvalue weighted by Crippen LogP contribution is 2.65. The Morgan fingerprint density at radius 3 is 2.71 bits per heavy atom. The van der Waals surface area contributed by atoms with E-state index in [1.54, 1.807) is 12.3 Å². The van der Waals surface area contributed by atoms with Gasteiger partial charge in [0.15, 0.2) is 0 Å². The number of halogens is 2. The molecule has 1 unspecified atom stereocenters. The van der Waals surface area contributed by atoms with Gasteiger partial charge in [-0.05, 0) is 31.0 Å². The van der Waals surface area contributed by atoms with E-state index in [0.717, 1.165) is 10.9 Å². The number of rotatable bonds is 5. The molecule has 0 radical (unpaired) electrons. The van der Waals surface area contributed by atoms with Crippen molar-refractivity contribution in [3.8, 4) is 5.75 Å². The molecule has 0 N–H and O–H groups in total. The first-order chi connectivity index (χ1) is 11.6. The molecule has 0 bridgehead atoms. The maximum atomic E-state index is 13.1. The summed E-state index contributed by atoms with van der Waals surface area (Å²) in [5, 5.41) is 0.893. The smallest absolute Gasteiger partial charge is 0.309 e. The third kappa shape index (κ3) is 2.60. The molecule has 4 rings (SSSR count). The van der Waals surface area contributed by atoms with E-state index in [9.17, 15) is 13.6 Å². The molecule has 1 aromatic carbocycles. The van der Waals surface area contributed by atoms with Crippen LogP contribution in [0.3, 0.4) is 0 Å². The number of carbonyl (C=O) groups is 1. The van der Waals surface area contributed by atoms with Crippen LogP contribution in [0.25, 0.3) is 10.9 Å². The van der Waals surface area contributed by atoms with Gasteiger partial charge < -0.3 is 9.47 Å². The van der Waals surface area contributed by atoms with Crippen LogP contribution in [0.4, 0.5) is 8.78 Å². The van der Waals surface area contributed by atoms with Crippen LogP contribution in [0.5, 0.6) is 5.75 Å². The van der Waals surface area contributed by atoms with Gasteiger partial charge in [-0.2, -0.15) is 0 Å². The minimum Gasteiger partial charge on any atom is -0.489 e. The normalized spacial score (nSPS) is 26.8. The second kappa shape index (κ2) is 5.69. The number of nitrogens with zero attached hydrogens (tertiary/aromatic N) is 1. The highest BCUT2D eigenvalue weighted by Gasteiger charge is 2.72. The maximum absolute atomic E-state index is 13.1. The van der Waals surface area contributed by atoms with Crippen LogP contribution in [0.1, 0.15) is 12.8 Å². The lowest BCUT2D eigenvalue weighted by molar-refractivity contribution is -0.150. The molecule has 4 nitrogen and oxygen atoms in total. The third-order valence-corrected chi connectivity index (χ3v) is 4.97. The molecule has 3 atom stereocenters. The molecule has 1 heterocycles. The molecule has 2 aliphatic carbocycles. The van der Waals surface area contributed by atoms with Gasteiger partial charge in [-0.15, -0.1) is 0 Å². The fraction of sp³-hybridized carbons (Fsp3) is 0.444. The van der Waals surface area contributed by atoms with Gasteiger partial charge in [0.05, 0.1) is 11.4 Å². The van der Waals surface area contributed by atoms with Crippen molar-refractivity contribution in [2.45, 2.75) is 18.8 Å². The van der Waals surface area contributed by atoms with Gasteiger partial charge in [0.25, 0.3) is 5.92 Å². The minimum atomic E-state index is -2.55. The highest BCUT2D eigenvalue weighted by atomic mass is 19.3. The molecular weight excluding hydrogens is 316 g/mol. The van der Waals surface area contributed by atoms with Crippen LogP contribution in [0, 0.1) is 17.8 Å². The number of esters is 1. The molecule has 0 amide bonds. The predicted molar refractivity (Wildman–Crippen MR) is 82.8 cm³/mol. The molecule has 24 heavy (non-hydrogen) atoms. The first-order valence-electron chi connectivity index (χ1n) is 8.08. The zero-order valence-corrected chi connectivity index (χ0v) is 13.0. The molecule has 1 aromatic heterocycles. The summed E-state index contributed by atoms with van der Waals surface area (Å²) < 4.78 is 37.1. The Bertz CT molecular complexity index is 760. The standard InChI is InChI=1S/C18H17F2NO3/c19-18(20)13-9-11(10-14(13)18)17(22)24-8-7-23-16-5-6-21-15-4-2-1-3-12(15)16/h1-6,11,13-14H,7-10H2/t11?,13-,14+. The van der Waals surface area contributed by atoms with E-state index in [0.29, 0.717) is 5.75 Å². The Labute approximate surface area is 137 Å². The summed E-state index contributed by atoms with van der Waals surface area (Å²) in [7, 11) is 0. The lowest BCUT2D eigenvalue weighted by Crippen LogP contribution is -2.21. The Balaban J connectivity index is 1.25. The Morgan fingerprint density at radius 1 is 1.17 bits per heavy atom. The number of aromatic nitrogens is 1. The van der Waals surface area contributed by atoms with Gasteiger partial charge in [0.1, 0.15) is 19.0 Å². The summed E-state index contributed by atoms with van der Waals surface area (Å²) in [5.74, 6) is -3.88. The van der Waals surface area contributed by atoms with Crippen molar-refractivity contribution in [1.82, 2.24) is 4.98 Å². The van der Waals surface area contributed by atoms with E-state index in [2.05, 4.69) is 4.98 Å². The van der Waals surface area contributed by atoms with Crippen LogP contribution >= 0.6 is 0 Å². The van der Waals surface area contributed by atoms with Gasteiger partial charge in [-0.25, -0.2) is 8.78 Å². The summed E-state index contributed by atoms with van der Waals surface area (Å²) in [5.41, 5.74) is 0.832. The molecule has 2 aliphatic rings. The summed E-state index contributed by atoms with van der Waals surface area (Å²) in [6.45, 7) is 0.327. The molecule has 0 aliphatic heterocycles. The number of para-hydroxylation sites is 1. The van der Waals surface area contributed by atoms with E-state index < -0.39 is 17.8 Å². The van der Waals surface area contributed by atoms with Crippen LogP contribution < -0.4 is 4.74 Å². The van der Waals surface area contributed by atoms with E-state index in [1.165, 1.54) is 0 Å². The van der Waals surface area contributed by atoms with Gasteiger partial charge in [0, 0.05) is 23.4 Å². The first kappa shape index (κ1) is 15.3. The molecule has 126 valence electrons. The Hall–Kier alpha value is -2.24. The number of hydrogen-bond acceptors (Lipinski definition) is 4. The number of ether oxygens (including phenoxy) is 2. The summed E-state index contributed by atoms with van der Waals surface area (Å²) in [6, 6.07) is 9.36. The summed E-state index contributed by atoms with van der Waals surface area (Å²) >= 11 is 0. The molecule has 6 heteroatoms. The van der Waals surface area contributed by atoms with Crippen LogP contribution in [-0.2, 0) is 9.53 Å². The van der Waals surface area contributed by atoms with Gasteiger partial charge in [0.2, 0.25) is 0 Å². The topological polar surface area (TPSA) is 48.4 Å². The number of carbonyl (C=O) groups excluding carboxylic acids is 1. The lowest BCUT2D eigenvalue weighted by atomic mass is 10.0. The largest absolute Gasteiger partial charge is 0.489 e. The zero-order chi connectivity index (χ0) is 16.7. The average molecular weight is 333 g/mol. The van der Waals surface area contributed by atoms with Crippen LogP contribution in [0.2, 0.25) is 0 Å². The third-order valence-electron chi connectivity index (χ3n) is 4.97. The SMILES string of the molecule is O=C(OCCOc1ccnc2ccccc12)C1C[C@@H]2[C@H](C1)C2(F)F. The van der Waals surface area contributed by atoms with Crippen LogP contribution in [0.15, 0.2) is 36.5 Å². The fourth-order valence-corrected chi connectivity index (χ4v) is 3.61. The van der Waals surface area contributed by atoms with Gasteiger partial charge in [-0.1, -0.05) is 12.1 Å². The zero-order valence-electron chi connectivity index (χ0n) is 13.0. The number of fused-ring (bicyclic) bond motifs is 2. The van der Waals surface area contributed by atoms with E-state index in [1.807, 2.05) is 24.3 Å². The molecule has 2 saturated carbocycles. The molecule has 2 fully saturated rings. The van der Waals surface area contributed by atoms with Crippen LogP contribution in [-0.4, -0.2) is 30.1 Å². The van der Waals surface area contributed by atoms with Crippen molar-refractivity contribution in [2.75, 3.05) is 13.2 Å². The van der Waals surface area contributed by atoms with Gasteiger partial charge in [-0.3, -0.25) is 9.78 Å². The van der Waals surface area contributed by atoms with Crippen molar-refractivity contribution < 1.29 is 23.0 Å². The second-order valence-electron chi connectivity index (χ2n) is 6.40.